The minimum atomic E-state index is 0.724. The van der Waals surface area contributed by atoms with E-state index in [9.17, 15) is 0 Å². The molecule has 0 aliphatic carbocycles. The molecule has 0 unspecified atom stereocenters. The van der Waals surface area contributed by atoms with Gasteiger partial charge in [0.2, 0.25) is 0 Å². The van der Waals surface area contributed by atoms with Crippen LogP contribution >= 0.6 is 0 Å². The van der Waals surface area contributed by atoms with Gasteiger partial charge >= 0.3 is 0 Å². The fourth-order valence-electron chi connectivity index (χ4n) is 0.569. The van der Waals surface area contributed by atoms with Crippen molar-refractivity contribution in [1.82, 2.24) is 0 Å². The summed E-state index contributed by atoms with van der Waals surface area (Å²) in [5.74, 6) is 0.724. The molecule has 0 saturated heterocycles. The van der Waals surface area contributed by atoms with Crippen LogP contribution in [-0.2, 0) is 0 Å². The van der Waals surface area contributed by atoms with Crippen LogP contribution in [0.4, 0.5) is 0 Å². The molecule has 0 bridgehead atoms. The Morgan fingerprint density at radius 3 is 2.50 bits per heavy atom. The van der Waals surface area contributed by atoms with Crippen molar-refractivity contribution >= 4 is 0 Å². The second kappa shape index (κ2) is 5.10. The third-order valence-corrected chi connectivity index (χ3v) is 1.05. The monoisotopic (exact) mass is 114 g/mol. The van der Waals surface area contributed by atoms with E-state index >= 15 is 0 Å². The van der Waals surface area contributed by atoms with Crippen molar-refractivity contribution in [3.63, 3.8) is 0 Å². The molecule has 0 heterocycles. The molecule has 0 fully saturated rings. The third-order valence-electron chi connectivity index (χ3n) is 1.05. The van der Waals surface area contributed by atoms with Crippen molar-refractivity contribution in [2.75, 3.05) is 6.54 Å². The molecule has 0 saturated carbocycles. The largest absolute Gasteiger partial charge is 0.330 e. The van der Waals surface area contributed by atoms with E-state index in [0.29, 0.717) is 0 Å². The molecule has 0 spiro atoms. The van der Waals surface area contributed by atoms with E-state index in [0.717, 1.165) is 18.9 Å². The first-order chi connectivity index (χ1) is 3.77. The van der Waals surface area contributed by atoms with Crippen LogP contribution in [0.1, 0.15) is 26.7 Å². The van der Waals surface area contributed by atoms with E-state index in [1.54, 1.807) is 0 Å². The second-order valence-electron chi connectivity index (χ2n) is 2.41. The Morgan fingerprint density at radius 2 is 2.12 bits per heavy atom. The Kier molecular flexibility index (Phi) is 5.08. The molecule has 8 heavy (non-hydrogen) atoms. The first-order valence-corrected chi connectivity index (χ1v) is 3.30. The quantitative estimate of drug-likeness (QED) is 0.552. The van der Waals surface area contributed by atoms with Crippen LogP contribution in [0.25, 0.3) is 0 Å². The highest BCUT2D eigenvalue weighted by Crippen LogP contribution is 2.02. The third kappa shape index (κ3) is 5.96. The fraction of sp³-hybridized carbons (Fsp3) is 0.857. The molecule has 0 aromatic rings. The Balaban J connectivity index is 2.72. The summed E-state index contributed by atoms with van der Waals surface area (Å²) in [6.45, 7) is 5.20. The number of hydrogen-bond donors (Lipinski definition) is 1. The zero-order valence-electron chi connectivity index (χ0n) is 5.85. The van der Waals surface area contributed by atoms with Crippen LogP contribution in [0.15, 0.2) is 0 Å². The average Bonchev–Trinajstić information content (AvgIpc) is 1.66. The van der Waals surface area contributed by atoms with Crippen molar-refractivity contribution in [2.24, 2.45) is 11.7 Å². The van der Waals surface area contributed by atoms with Crippen LogP contribution in [0.5, 0.6) is 0 Å². The summed E-state index contributed by atoms with van der Waals surface area (Å²) >= 11 is 0. The van der Waals surface area contributed by atoms with Gasteiger partial charge in [0, 0.05) is 0 Å². The zero-order chi connectivity index (χ0) is 6.41. The van der Waals surface area contributed by atoms with Crippen LogP contribution in [-0.4, -0.2) is 6.54 Å². The molecule has 0 aromatic heterocycles. The van der Waals surface area contributed by atoms with E-state index in [-0.39, 0.29) is 0 Å². The van der Waals surface area contributed by atoms with Gasteiger partial charge in [0.05, 0.1) is 0 Å². The van der Waals surface area contributed by atoms with Gasteiger partial charge < -0.3 is 5.73 Å². The van der Waals surface area contributed by atoms with Gasteiger partial charge in [0.25, 0.3) is 0 Å². The van der Waals surface area contributed by atoms with Gasteiger partial charge in [-0.3, -0.25) is 0 Å². The maximum Gasteiger partial charge on any atom is -0.00772 e. The fourth-order valence-corrected chi connectivity index (χ4v) is 0.569. The highest BCUT2D eigenvalue weighted by Gasteiger charge is 1.91. The van der Waals surface area contributed by atoms with Gasteiger partial charge in [-0.2, -0.15) is 0 Å². The molecule has 0 amide bonds. The molecule has 0 aliphatic heterocycles. The topological polar surface area (TPSA) is 26.0 Å². The maximum atomic E-state index is 5.29. The predicted molar refractivity (Wildman–Crippen MR) is 37.4 cm³/mol. The molecule has 49 valence electrons. The van der Waals surface area contributed by atoms with Gasteiger partial charge in [-0.25, -0.2) is 0 Å². The molecule has 0 rings (SSSR count). The number of rotatable bonds is 4. The summed E-state index contributed by atoms with van der Waals surface area (Å²) in [4.78, 5) is 0. The van der Waals surface area contributed by atoms with Gasteiger partial charge in [-0.05, 0) is 31.7 Å². The Hall–Kier alpha value is -0.0400. The van der Waals surface area contributed by atoms with Crippen LogP contribution in [0.2, 0.25) is 0 Å². The summed E-state index contributed by atoms with van der Waals surface area (Å²) in [5, 5.41) is 0. The molecule has 0 aromatic carbocycles. The molecular weight excluding hydrogens is 98.1 g/mol. The summed E-state index contributed by atoms with van der Waals surface area (Å²) in [7, 11) is 0. The first kappa shape index (κ1) is 7.96. The SMILES string of the molecule is CC(C)[CH]CCCN. The van der Waals surface area contributed by atoms with E-state index in [2.05, 4.69) is 20.3 Å². The van der Waals surface area contributed by atoms with Crippen molar-refractivity contribution in [3.8, 4) is 0 Å². The Bertz CT molecular complexity index is 41.7. The molecule has 1 nitrogen and oxygen atoms in total. The summed E-state index contributed by atoms with van der Waals surface area (Å²) < 4.78 is 0. The Labute approximate surface area is 52.3 Å². The van der Waals surface area contributed by atoms with Crippen LogP contribution in [0.3, 0.4) is 0 Å². The second-order valence-corrected chi connectivity index (χ2v) is 2.41. The van der Waals surface area contributed by atoms with Crippen LogP contribution < -0.4 is 5.73 Å². The predicted octanol–water partition coefficient (Wildman–Crippen LogP) is 1.59. The maximum absolute atomic E-state index is 5.29. The van der Waals surface area contributed by atoms with Gasteiger partial charge in [0.1, 0.15) is 0 Å². The van der Waals surface area contributed by atoms with Crippen molar-refractivity contribution in [1.29, 1.82) is 0 Å². The average molecular weight is 114 g/mol. The number of hydrogen-bond acceptors (Lipinski definition) is 1. The van der Waals surface area contributed by atoms with Crippen LogP contribution in [0, 0.1) is 12.3 Å². The van der Waals surface area contributed by atoms with Gasteiger partial charge in [-0.1, -0.05) is 13.8 Å². The summed E-state index contributed by atoms with van der Waals surface area (Å²) in [6, 6.07) is 0. The lowest BCUT2D eigenvalue weighted by Gasteiger charge is -2.00. The van der Waals surface area contributed by atoms with Crippen molar-refractivity contribution in [2.45, 2.75) is 26.7 Å². The van der Waals surface area contributed by atoms with Gasteiger partial charge in [0.15, 0.2) is 0 Å². The summed E-state index contributed by atoms with van der Waals surface area (Å²) in [5.41, 5.74) is 5.29. The number of unbranched alkanes of at least 4 members (excludes halogenated alkanes) is 1. The minimum absolute atomic E-state index is 0.724. The van der Waals surface area contributed by atoms with E-state index in [1.165, 1.54) is 6.42 Å². The van der Waals surface area contributed by atoms with E-state index < -0.39 is 0 Å². The minimum Gasteiger partial charge on any atom is -0.330 e. The smallest absolute Gasteiger partial charge is 0.00772 e. The Morgan fingerprint density at radius 1 is 1.50 bits per heavy atom. The lowest BCUT2D eigenvalue weighted by atomic mass is 10.1. The first-order valence-electron chi connectivity index (χ1n) is 3.30. The van der Waals surface area contributed by atoms with Gasteiger partial charge in [-0.15, -0.1) is 0 Å². The van der Waals surface area contributed by atoms with E-state index in [4.69, 9.17) is 5.73 Å². The lowest BCUT2D eigenvalue weighted by molar-refractivity contribution is 0.677. The highest BCUT2D eigenvalue weighted by atomic mass is 14.5. The van der Waals surface area contributed by atoms with Crippen molar-refractivity contribution < 1.29 is 0 Å². The number of nitrogens with two attached hydrogens (primary N) is 1. The molecular formula is C7H16N. The highest BCUT2D eigenvalue weighted by molar-refractivity contribution is 4.67. The molecule has 1 radical (unpaired) electrons. The zero-order valence-corrected chi connectivity index (χ0v) is 5.85. The van der Waals surface area contributed by atoms with E-state index in [1.807, 2.05) is 0 Å². The normalized spacial score (nSPS) is 10.5. The standard InChI is InChI=1S/C7H16N/c1-7(2)5-3-4-6-8/h5,7H,3-4,6,8H2,1-2H3. The summed E-state index contributed by atoms with van der Waals surface area (Å²) in [6.07, 6.45) is 4.61. The molecule has 0 atom stereocenters. The molecule has 0 aliphatic rings. The lowest BCUT2D eigenvalue weighted by Crippen LogP contribution is -1.99. The molecule has 1 heteroatoms. The molecule has 2 N–H and O–H groups in total. The van der Waals surface area contributed by atoms with Crippen molar-refractivity contribution in [3.05, 3.63) is 6.42 Å².